The first kappa shape index (κ1) is 19.3. The number of hydrogen-bond acceptors (Lipinski definition) is 5. The number of halogens is 1. The van der Waals surface area contributed by atoms with Crippen LogP contribution >= 0.6 is 0 Å². The van der Waals surface area contributed by atoms with Gasteiger partial charge in [0.1, 0.15) is 5.82 Å². The number of imidazole rings is 1. The minimum atomic E-state index is -0.285. The molecule has 0 aliphatic rings. The molecule has 0 fully saturated rings. The molecule has 6 aromatic rings. The standard InChI is InChI=1S/C26H18FN5O/c27-18-11-9-17(10-12-18)23-15-20(19-5-1-2-6-21(19)29-23)26-31-30-25(33-26)13-14-32-16-28-22-7-3-4-8-24(22)32/h1-12,15-16H,13-14H2. The highest BCUT2D eigenvalue weighted by atomic mass is 19.1. The summed E-state index contributed by atoms with van der Waals surface area (Å²) in [6, 6.07) is 24.0. The lowest BCUT2D eigenvalue weighted by molar-refractivity contribution is 0.488. The molecule has 0 aliphatic carbocycles. The Labute approximate surface area is 188 Å². The average Bonchev–Trinajstić information content (AvgIpc) is 3.50. The van der Waals surface area contributed by atoms with Gasteiger partial charge in [-0.2, -0.15) is 0 Å². The Bertz CT molecular complexity index is 1590. The monoisotopic (exact) mass is 435 g/mol. The summed E-state index contributed by atoms with van der Waals surface area (Å²) < 4.78 is 21.5. The van der Waals surface area contributed by atoms with Crippen LogP contribution in [0.5, 0.6) is 0 Å². The number of hydrogen-bond donors (Lipinski definition) is 0. The molecule has 0 bridgehead atoms. The fourth-order valence-corrected chi connectivity index (χ4v) is 3.99. The maximum atomic E-state index is 13.4. The Kier molecular flexibility index (Phi) is 4.65. The van der Waals surface area contributed by atoms with Crippen LogP contribution in [0.2, 0.25) is 0 Å². The van der Waals surface area contributed by atoms with Crippen LogP contribution in [0.1, 0.15) is 5.89 Å². The molecule has 0 N–H and O–H groups in total. The van der Waals surface area contributed by atoms with Crippen molar-refractivity contribution in [1.29, 1.82) is 0 Å². The van der Waals surface area contributed by atoms with E-state index < -0.39 is 0 Å². The highest BCUT2D eigenvalue weighted by molar-refractivity contribution is 5.94. The van der Waals surface area contributed by atoms with Crippen LogP contribution in [0.3, 0.4) is 0 Å². The molecule has 160 valence electrons. The van der Waals surface area contributed by atoms with Gasteiger partial charge in [-0.3, -0.25) is 0 Å². The third-order valence-electron chi connectivity index (χ3n) is 5.65. The van der Waals surface area contributed by atoms with Crippen molar-refractivity contribution in [3.05, 3.63) is 96.9 Å². The quantitative estimate of drug-likeness (QED) is 0.348. The van der Waals surface area contributed by atoms with E-state index in [1.54, 1.807) is 12.1 Å². The number of para-hydroxylation sites is 3. The third-order valence-corrected chi connectivity index (χ3v) is 5.65. The van der Waals surface area contributed by atoms with Gasteiger partial charge in [0.25, 0.3) is 0 Å². The smallest absolute Gasteiger partial charge is 0.248 e. The van der Waals surface area contributed by atoms with E-state index in [4.69, 9.17) is 9.40 Å². The second-order valence-corrected chi connectivity index (χ2v) is 7.76. The van der Waals surface area contributed by atoms with Crippen molar-refractivity contribution in [3.8, 4) is 22.7 Å². The Morgan fingerprint density at radius 1 is 0.848 bits per heavy atom. The predicted molar refractivity (Wildman–Crippen MR) is 124 cm³/mol. The zero-order valence-electron chi connectivity index (χ0n) is 17.5. The molecule has 0 aliphatic heterocycles. The van der Waals surface area contributed by atoms with Crippen molar-refractivity contribution in [2.24, 2.45) is 0 Å². The Hall–Kier alpha value is -4.39. The summed E-state index contributed by atoms with van der Waals surface area (Å²) in [4.78, 5) is 9.17. The fourth-order valence-electron chi connectivity index (χ4n) is 3.99. The summed E-state index contributed by atoms with van der Waals surface area (Å²) in [6.07, 6.45) is 2.41. The highest BCUT2D eigenvalue weighted by Crippen LogP contribution is 2.31. The van der Waals surface area contributed by atoms with Gasteiger partial charge in [0.2, 0.25) is 11.8 Å². The number of rotatable bonds is 5. The van der Waals surface area contributed by atoms with Crippen molar-refractivity contribution >= 4 is 21.9 Å². The maximum Gasteiger partial charge on any atom is 0.248 e. The first-order chi connectivity index (χ1) is 16.2. The molecule has 33 heavy (non-hydrogen) atoms. The van der Waals surface area contributed by atoms with Gasteiger partial charge in [-0.15, -0.1) is 10.2 Å². The van der Waals surface area contributed by atoms with Gasteiger partial charge in [0.05, 0.1) is 34.1 Å². The van der Waals surface area contributed by atoms with E-state index in [1.165, 1.54) is 12.1 Å². The number of fused-ring (bicyclic) bond motifs is 2. The number of aromatic nitrogens is 5. The molecule has 0 amide bonds. The first-order valence-corrected chi connectivity index (χ1v) is 10.6. The lowest BCUT2D eigenvalue weighted by Crippen LogP contribution is -2.00. The molecule has 0 saturated carbocycles. The van der Waals surface area contributed by atoms with Gasteiger partial charge in [-0.05, 0) is 48.5 Å². The largest absolute Gasteiger partial charge is 0.421 e. The van der Waals surface area contributed by atoms with Crippen molar-refractivity contribution in [2.75, 3.05) is 0 Å². The van der Waals surface area contributed by atoms with Crippen LogP contribution in [-0.2, 0) is 13.0 Å². The zero-order valence-corrected chi connectivity index (χ0v) is 17.5. The minimum absolute atomic E-state index is 0.285. The maximum absolute atomic E-state index is 13.4. The molecule has 3 heterocycles. The van der Waals surface area contributed by atoms with E-state index in [9.17, 15) is 4.39 Å². The van der Waals surface area contributed by atoms with E-state index in [0.717, 1.165) is 33.1 Å². The molecule has 3 aromatic heterocycles. The van der Waals surface area contributed by atoms with Crippen LogP contribution in [0.25, 0.3) is 44.6 Å². The number of benzene rings is 3. The number of pyridine rings is 1. The van der Waals surface area contributed by atoms with Crippen LogP contribution in [0, 0.1) is 5.82 Å². The fraction of sp³-hybridized carbons (Fsp3) is 0.0769. The van der Waals surface area contributed by atoms with Gasteiger partial charge in [0, 0.05) is 23.9 Å². The Balaban J connectivity index is 1.34. The van der Waals surface area contributed by atoms with Crippen molar-refractivity contribution in [2.45, 2.75) is 13.0 Å². The first-order valence-electron chi connectivity index (χ1n) is 10.6. The molecule has 6 rings (SSSR count). The average molecular weight is 435 g/mol. The summed E-state index contributed by atoms with van der Waals surface area (Å²) in [7, 11) is 0. The van der Waals surface area contributed by atoms with Crippen LogP contribution < -0.4 is 0 Å². The van der Waals surface area contributed by atoms with Crippen LogP contribution in [0.15, 0.2) is 89.6 Å². The van der Waals surface area contributed by atoms with Gasteiger partial charge in [0.15, 0.2) is 0 Å². The van der Waals surface area contributed by atoms with E-state index in [1.807, 2.05) is 60.9 Å². The molecule has 0 radical (unpaired) electrons. The summed E-state index contributed by atoms with van der Waals surface area (Å²) in [6.45, 7) is 0.681. The highest BCUT2D eigenvalue weighted by Gasteiger charge is 2.15. The Morgan fingerprint density at radius 3 is 2.52 bits per heavy atom. The van der Waals surface area contributed by atoms with Crippen molar-refractivity contribution in [1.82, 2.24) is 24.7 Å². The summed E-state index contributed by atoms with van der Waals surface area (Å²) in [5.41, 5.74) is 5.16. The van der Waals surface area contributed by atoms with Gasteiger partial charge in [-0.25, -0.2) is 14.4 Å². The van der Waals surface area contributed by atoms with Crippen molar-refractivity contribution < 1.29 is 8.81 Å². The molecule has 0 atom stereocenters. The minimum Gasteiger partial charge on any atom is -0.421 e. The molecule has 0 spiro atoms. The third kappa shape index (κ3) is 3.63. The second kappa shape index (κ2) is 7.94. The topological polar surface area (TPSA) is 69.6 Å². The summed E-state index contributed by atoms with van der Waals surface area (Å²) in [5.74, 6) is 0.696. The van der Waals surface area contributed by atoms with Crippen LogP contribution in [0.4, 0.5) is 4.39 Å². The molecule has 6 nitrogen and oxygen atoms in total. The SMILES string of the molecule is Fc1ccc(-c2cc(-c3nnc(CCn4cnc5ccccc54)o3)c3ccccc3n2)cc1. The van der Waals surface area contributed by atoms with Gasteiger partial charge in [-0.1, -0.05) is 30.3 Å². The van der Waals surface area contributed by atoms with E-state index in [-0.39, 0.29) is 5.82 Å². The summed E-state index contributed by atoms with van der Waals surface area (Å²) in [5, 5.41) is 9.51. The normalized spacial score (nSPS) is 11.4. The Morgan fingerprint density at radius 2 is 1.64 bits per heavy atom. The molecule has 0 saturated heterocycles. The summed E-state index contributed by atoms with van der Waals surface area (Å²) >= 11 is 0. The molecule has 3 aromatic carbocycles. The second-order valence-electron chi connectivity index (χ2n) is 7.76. The van der Waals surface area contributed by atoms with Crippen molar-refractivity contribution in [3.63, 3.8) is 0 Å². The number of aryl methyl sites for hydroxylation is 2. The van der Waals surface area contributed by atoms with Crippen LogP contribution in [-0.4, -0.2) is 24.7 Å². The lowest BCUT2D eigenvalue weighted by Gasteiger charge is -2.07. The molecular formula is C26H18FN5O. The van der Waals surface area contributed by atoms with E-state index in [0.29, 0.717) is 30.4 Å². The number of nitrogens with zero attached hydrogens (tertiary/aromatic N) is 5. The lowest BCUT2D eigenvalue weighted by atomic mass is 10.0. The molecular weight excluding hydrogens is 417 g/mol. The molecule has 0 unspecified atom stereocenters. The van der Waals surface area contributed by atoms with E-state index >= 15 is 0 Å². The molecule has 7 heteroatoms. The van der Waals surface area contributed by atoms with Gasteiger partial charge < -0.3 is 8.98 Å². The van der Waals surface area contributed by atoms with Gasteiger partial charge >= 0.3 is 0 Å². The zero-order chi connectivity index (χ0) is 22.2. The van der Waals surface area contributed by atoms with E-state index in [2.05, 4.69) is 19.7 Å². The predicted octanol–water partition coefficient (Wildman–Crippen LogP) is 5.68.